The van der Waals surface area contributed by atoms with Gasteiger partial charge in [-0.05, 0) is 18.2 Å². The lowest BCUT2D eigenvalue weighted by Gasteiger charge is -2.11. The van der Waals surface area contributed by atoms with Crippen LogP contribution >= 0.6 is 0 Å². The van der Waals surface area contributed by atoms with Gasteiger partial charge in [0.1, 0.15) is 5.82 Å². The number of benzene rings is 1. The van der Waals surface area contributed by atoms with E-state index in [1.54, 1.807) is 0 Å². The number of nitrogens with one attached hydrogen (secondary N) is 1. The molecule has 1 rings (SSSR count). The Kier molecular flexibility index (Phi) is 5.84. The highest BCUT2D eigenvalue weighted by Gasteiger charge is 2.17. The van der Waals surface area contributed by atoms with Crippen molar-refractivity contribution in [1.82, 2.24) is 9.62 Å². The van der Waals surface area contributed by atoms with Gasteiger partial charge in [-0.2, -0.15) is 0 Å². The van der Waals surface area contributed by atoms with Crippen molar-refractivity contribution in [2.75, 3.05) is 27.2 Å². The summed E-state index contributed by atoms with van der Waals surface area (Å²) in [7, 11) is -0.957. The first kappa shape index (κ1) is 17.1. The predicted octanol–water partition coefficient (Wildman–Crippen LogP) is -0.498. The highest BCUT2D eigenvalue weighted by Crippen LogP contribution is 2.14. The summed E-state index contributed by atoms with van der Waals surface area (Å²) < 4.78 is 39.7. The van der Waals surface area contributed by atoms with Crippen LogP contribution in [0.4, 0.5) is 4.39 Å². The van der Waals surface area contributed by atoms with E-state index in [1.165, 1.54) is 31.1 Å². The van der Waals surface area contributed by atoms with Crippen LogP contribution in [-0.4, -0.2) is 46.4 Å². The number of nitrogens with two attached hydrogens (primary N) is 1. The van der Waals surface area contributed by atoms with Gasteiger partial charge in [0.2, 0.25) is 15.9 Å². The molecule has 0 aliphatic heterocycles. The van der Waals surface area contributed by atoms with Crippen molar-refractivity contribution in [1.29, 1.82) is 0 Å². The minimum atomic E-state index is -3.96. The molecule has 0 aliphatic carbocycles. The van der Waals surface area contributed by atoms with Crippen LogP contribution in [-0.2, 0) is 14.8 Å². The van der Waals surface area contributed by atoms with Gasteiger partial charge in [0.15, 0.2) is 0 Å². The third-order valence-electron chi connectivity index (χ3n) is 2.49. The number of carbonyl (C=O) groups is 1. The third kappa shape index (κ3) is 4.82. The third-order valence-corrected chi connectivity index (χ3v) is 3.89. The molecule has 0 aliphatic rings. The van der Waals surface area contributed by atoms with Gasteiger partial charge in [-0.25, -0.2) is 17.5 Å². The van der Waals surface area contributed by atoms with E-state index in [9.17, 15) is 17.6 Å². The Balaban J connectivity index is 2.94. The molecule has 1 amide bonds. The molecule has 0 atom stereocenters. The second-order valence-corrected chi connectivity index (χ2v) is 6.03. The Morgan fingerprint density at radius 1 is 1.43 bits per heavy atom. The van der Waals surface area contributed by atoms with E-state index in [4.69, 9.17) is 5.73 Å². The van der Waals surface area contributed by atoms with Gasteiger partial charge in [0.25, 0.3) is 0 Å². The average Bonchev–Trinajstić information content (AvgIpc) is 2.43. The fraction of sp³-hybridized carbons (Fsp3) is 0.308. The molecule has 0 heterocycles. The molecule has 0 bridgehead atoms. The number of sulfonamides is 1. The molecule has 1 aromatic carbocycles. The van der Waals surface area contributed by atoms with Crippen molar-refractivity contribution >= 4 is 15.9 Å². The zero-order valence-electron chi connectivity index (χ0n) is 11.7. The molecule has 0 aromatic heterocycles. The number of hydrogen-bond donors (Lipinski definition) is 2. The number of nitrogens with zero attached hydrogens (tertiary/aromatic N) is 1. The van der Waals surface area contributed by atoms with Gasteiger partial charge in [0, 0.05) is 14.1 Å². The number of halogens is 1. The standard InChI is InChI=1S/C13H16FN3O3S/c1-17(2)13(18)9-16-21(19,20)11-6-5-10(4-3-7-15)12(14)8-11/h5-6,8,16H,7,9,15H2,1-2H3. The second-order valence-electron chi connectivity index (χ2n) is 4.26. The number of hydrogen-bond acceptors (Lipinski definition) is 4. The molecule has 21 heavy (non-hydrogen) atoms. The summed E-state index contributed by atoms with van der Waals surface area (Å²) in [6, 6.07) is 3.31. The van der Waals surface area contributed by atoms with E-state index in [1.807, 2.05) is 0 Å². The smallest absolute Gasteiger partial charge is 0.241 e. The maximum atomic E-state index is 13.7. The summed E-state index contributed by atoms with van der Waals surface area (Å²) >= 11 is 0. The first-order valence-corrected chi connectivity index (χ1v) is 7.44. The Bertz CT molecular complexity index is 690. The maximum Gasteiger partial charge on any atom is 0.241 e. The molecule has 0 saturated heterocycles. The zero-order valence-corrected chi connectivity index (χ0v) is 12.5. The van der Waals surface area contributed by atoms with Crippen molar-refractivity contribution < 1.29 is 17.6 Å². The Labute approximate surface area is 123 Å². The lowest BCUT2D eigenvalue weighted by atomic mass is 10.2. The van der Waals surface area contributed by atoms with E-state index >= 15 is 0 Å². The van der Waals surface area contributed by atoms with Gasteiger partial charge in [-0.3, -0.25) is 4.79 Å². The number of rotatable bonds is 4. The molecule has 0 saturated carbocycles. The van der Waals surface area contributed by atoms with E-state index in [-0.39, 0.29) is 17.0 Å². The minimum Gasteiger partial charge on any atom is -0.348 e. The molecule has 1 aromatic rings. The molecule has 3 N–H and O–H groups in total. The van der Waals surface area contributed by atoms with E-state index < -0.39 is 28.3 Å². The van der Waals surface area contributed by atoms with E-state index in [0.29, 0.717) is 0 Å². The Morgan fingerprint density at radius 3 is 2.62 bits per heavy atom. The van der Waals surface area contributed by atoms with Crippen molar-refractivity contribution in [3.8, 4) is 11.8 Å². The van der Waals surface area contributed by atoms with Crippen LogP contribution in [0.3, 0.4) is 0 Å². The summed E-state index contributed by atoms with van der Waals surface area (Å²) in [4.78, 5) is 12.3. The normalized spacial score (nSPS) is 10.7. The van der Waals surface area contributed by atoms with Crippen LogP contribution in [0.5, 0.6) is 0 Å². The molecular formula is C13H16FN3O3S. The van der Waals surface area contributed by atoms with Gasteiger partial charge >= 0.3 is 0 Å². The van der Waals surface area contributed by atoms with Gasteiger partial charge < -0.3 is 10.6 Å². The summed E-state index contributed by atoms with van der Waals surface area (Å²) in [5.41, 5.74) is 5.24. The van der Waals surface area contributed by atoms with Crippen LogP contribution < -0.4 is 10.5 Å². The summed E-state index contributed by atoms with van der Waals surface area (Å²) in [6.07, 6.45) is 0. The summed E-state index contributed by atoms with van der Waals surface area (Å²) in [5, 5.41) is 0. The van der Waals surface area contributed by atoms with Crippen molar-refractivity contribution in [3.63, 3.8) is 0 Å². The molecule has 0 unspecified atom stereocenters. The fourth-order valence-corrected chi connectivity index (χ4v) is 2.29. The van der Waals surface area contributed by atoms with Crippen LogP contribution in [0.15, 0.2) is 23.1 Å². The van der Waals surface area contributed by atoms with Gasteiger partial charge in [-0.15, -0.1) is 0 Å². The number of carbonyl (C=O) groups excluding carboxylic acids is 1. The number of amides is 1. The SMILES string of the molecule is CN(C)C(=O)CNS(=O)(=O)c1ccc(C#CCN)c(F)c1. The van der Waals surface area contributed by atoms with E-state index in [2.05, 4.69) is 16.6 Å². The first-order valence-electron chi connectivity index (χ1n) is 5.96. The molecule has 0 fully saturated rings. The quantitative estimate of drug-likeness (QED) is 0.733. The number of likely N-dealkylation sites (N-methyl/N-ethyl adjacent to an activating group) is 1. The highest BCUT2D eigenvalue weighted by atomic mass is 32.2. The Hall–Kier alpha value is -1.95. The van der Waals surface area contributed by atoms with E-state index in [0.717, 1.165) is 6.07 Å². The van der Waals surface area contributed by atoms with Gasteiger partial charge in [-0.1, -0.05) is 11.8 Å². The molecule has 114 valence electrons. The molecular weight excluding hydrogens is 297 g/mol. The second kappa shape index (κ2) is 7.17. The molecule has 6 nitrogen and oxygen atoms in total. The zero-order chi connectivity index (χ0) is 16.0. The van der Waals surface area contributed by atoms with Crippen LogP contribution in [0, 0.1) is 17.7 Å². The van der Waals surface area contributed by atoms with Crippen molar-refractivity contribution in [3.05, 3.63) is 29.6 Å². The van der Waals surface area contributed by atoms with Crippen molar-refractivity contribution in [2.24, 2.45) is 5.73 Å². The lowest BCUT2D eigenvalue weighted by molar-refractivity contribution is -0.127. The maximum absolute atomic E-state index is 13.7. The average molecular weight is 313 g/mol. The first-order chi connectivity index (χ1) is 9.77. The molecule has 8 heteroatoms. The lowest BCUT2D eigenvalue weighted by Crippen LogP contribution is -2.36. The topological polar surface area (TPSA) is 92.5 Å². The van der Waals surface area contributed by atoms with Gasteiger partial charge in [0.05, 0.1) is 23.5 Å². The van der Waals surface area contributed by atoms with Crippen LogP contribution in [0.25, 0.3) is 0 Å². The molecule has 0 radical (unpaired) electrons. The van der Waals surface area contributed by atoms with Crippen LogP contribution in [0.1, 0.15) is 5.56 Å². The predicted molar refractivity (Wildman–Crippen MR) is 76.2 cm³/mol. The highest BCUT2D eigenvalue weighted by molar-refractivity contribution is 7.89. The fourth-order valence-electron chi connectivity index (χ4n) is 1.31. The molecule has 0 spiro atoms. The van der Waals surface area contributed by atoms with Crippen molar-refractivity contribution in [2.45, 2.75) is 4.90 Å². The van der Waals surface area contributed by atoms with Crippen LogP contribution in [0.2, 0.25) is 0 Å². The monoisotopic (exact) mass is 313 g/mol. The minimum absolute atomic E-state index is 0.0590. The summed E-state index contributed by atoms with van der Waals surface area (Å²) in [6.45, 7) is -0.320. The summed E-state index contributed by atoms with van der Waals surface area (Å²) in [5.74, 6) is 3.79. The Morgan fingerprint density at radius 2 is 2.10 bits per heavy atom. The largest absolute Gasteiger partial charge is 0.348 e.